The zero-order valence-electron chi connectivity index (χ0n) is 19.3. The number of nitro groups is 1. The number of non-ortho nitro benzene ring substituents is 1. The topological polar surface area (TPSA) is 133 Å². The van der Waals surface area contributed by atoms with Gasteiger partial charge >= 0.3 is 0 Å². The first-order chi connectivity index (χ1) is 16.8. The van der Waals surface area contributed by atoms with Crippen molar-refractivity contribution in [1.29, 1.82) is 0 Å². The SMILES string of the molecule is Cc1ccc(O)c(C(O)=C2C(=O)C(=O)N(CCCN3CCOCC3)[C@@H]2c2cccc([N+](=O)[O-])c2)c1. The van der Waals surface area contributed by atoms with E-state index >= 15 is 0 Å². The number of aliphatic hydroxyl groups excluding tert-OH is 1. The summed E-state index contributed by atoms with van der Waals surface area (Å²) in [5, 5.41) is 32.9. The van der Waals surface area contributed by atoms with E-state index in [9.17, 15) is 29.9 Å². The van der Waals surface area contributed by atoms with Gasteiger partial charge in [-0.3, -0.25) is 24.6 Å². The normalized spacial score (nSPS) is 20.4. The lowest BCUT2D eigenvalue weighted by molar-refractivity contribution is -0.384. The number of aryl methyl sites for hydroxylation is 1. The smallest absolute Gasteiger partial charge is 0.295 e. The summed E-state index contributed by atoms with van der Waals surface area (Å²) >= 11 is 0. The van der Waals surface area contributed by atoms with Crippen LogP contribution in [0.25, 0.3) is 5.76 Å². The summed E-state index contributed by atoms with van der Waals surface area (Å²) < 4.78 is 5.36. The number of hydrogen-bond acceptors (Lipinski definition) is 8. The molecule has 2 saturated heterocycles. The first kappa shape index (κ1) is 24.4. The molecule has 35 heavy (non-hydrogen) atoms. The first-order valence-electron chi connectivity index (χ1n) is 11.4. The number of nitro benzene ring substituents is 1. The van der Waals surface area contributed by atoms with E-state index < -0.39 is 28.4 Å². The number of likely N-dealkylation sites (tertiary alicyclic amines) is 1. The molecule has 2 aliphatic rings. The second-order valence-corrected chi connectivity index (χ2v) is 8.67. The molecule has 0 aromatic heterocycles. The lowest BCUT2D eigenvalue weighted by atomic mass is 9.94. The van der Waals surface area contributed by atoms with Crippen LogP contribution in [0.1, 0.15) is 29.2 Å². The van der Waals surface area contributed by atoms with Crippen LogP contribution in [-0.2, 0) is 14.3 Å². The van der Waals surface area contributed by atoms with Crippen LogP contribution in [0.4, 0.5) is 5.69 Å². The standard InChI is InChI=1S/C25H27N3O7/c1-16-6-7-20(29)19(14-16)23(30)21-22(17-4-2-5-18(15-17)28(33)34)27(25(32)24(21)31)9-3-8-26-10-12-35-13-11-26/h2,4-7,14-15,22,29-30H,3,8-13H2,1H3/t22-/m1/s1. The highest BCUT2D eigenvalue weighted by atomic mass is 16.6. The number of phenolic OH excluding ortho intramolecular Hbond substituents is 1. The second kappa shape index (κ2) is 10.2. The van der Waals surface area contributed by atoms with E-state index in [4.69, 9.17) is 4.74 Å². The molecule has 184 valence electrons. The average molecular weight is 482 g/mol. The maximum absolute atomic E-state index is 13.1. The Labute approximate surface area is 202 Å². The molecule has 4 rings (SSSR count). The largest absolute Gasteiger partial charge is 0.507 e. The number of nitrogens with zero attached hydrogens (tertiary/aromatic N) is 3. The fraction of sp³-hybridized carbons (Fsp3) is 0.360. The molecule has 1 amide bonds. The molecule has 2 N–H and O–H groups in total. The summed E-state index contributed by atoms with van der Waals surface area (Å²) in [5.41, 5.74) is 0.684. The van der Waals surface area contributed by atoms with Gasteiger partial charge in [-0.25, -0.2) is 0 Å². The van der Waals surface area contributed by atoms with Crippen LogP contribution in [0.2, 0.25) is 0 Å². The summed E-state index contributed by atoms with van der Waals surface area (Å²) in [6, 6.07) is 9.21. The summed E-state index contributed by atoms with van der Waals surface area (Å²) in [4.78, 5) is 40.6. The molecule has 2 heterocycles. The second-order valence-electron chi connectivity index (χ2n) is 8.67. The van der Waals surface area contributed by atoms with Crippen molar-refractivity contribution in [2.24, 2.45) is 0 Å². The number of ketones is 1. The summed E-state index contributed by atoms with van der Waals surface area (Å²) in [6.07, 6.45) is 0.564. The Morgan fingerprint density at radius 3 is 2.60 bits per heavy atom. The van der Waals surface area contributed by atoms with Crippen molar-refractivity contribution in [2.45, 2.75) is 19.4 Å². The van der Waals surface area contributed by atoms with Crippen LogP contribution < -0.4 is 0 Å². The highest BCUT2D eigenvalue weighted by Gasteiger charge is 2.46. The molecule has 10 nitrogen and oxygen atoms in total. The van der Waals surface area contributed by atoms with Gasteiger partial charge in [-0.2, -0.15) is 0 Å². The zero-order chi connectivity index (χ0) is 25.1. The molecule has 2 aromatic rings. The third-order valence-corrected chi connectivity index (χ3v) is 6.32. The van der Waals surface area contributed by atoms with Gasteiger partial charge in [-0.15, -0.1) is 0 Å². The number of phenols is 1. The van der Waals surface area contributed by atoms with E-state index in [1.54, 1.807) is 19.1 Å². The molecular weight excluding hydrogens is 454 g/mol. The van der Waals surface area contributed by atoms with Gasteiger partial charge in [-0.1, -0.05) is 23.8 Å². The molecule has 2 aromatic carbocycles. The molecule has 1 atom stereocenters. The average Bonchev–Trinajstić information content (AvgIpc) is 3.11. The van der Waals surface area contributed by atoms with Gasteiger partial charge in [0, 0.05) is 38.3 Å². The summed E-state index contributed by atoms with van der Waals surface area (Å²) in [6.45, 7) is 5.49. The quantitative estimate of drug-likeness (QED) is 0.203. The lowest BCUT2D eigenvalue weighted by Crippen LogP contribution is -2.39. The number of benzene rings is 2. The number of carbonyl (C=O) groups is 2. The van der Waals surface area contributed by atoms with Gasteiger partial charge in [0.05, 0.1) is 35.3 Å². The van der Waals surface area contributed by atoms with Gasteiger partial charge < -0.3 is 19.8 Å². The van der Waals surface area contributed by atoms with Gasteiger partial charge in [-0.05, 0) is 31.0 Å². The molecule has 2 fully saturated rings. The minimum absolute atomic E-state index is 0.0201. The molecule has 0 unspecified atom stereocenters. The van der Waals surface area contributed by atoms with E-state index in [2.05, 4.69) is 4.90 Å². The summed E-state index contributed by atoms with van der Waals surface area (Å²) in [7, 11) is 0. The predicted molar refractivity (Wildman–Crippen MR) is 127 cm³/mol. The Balaban J connectivity index is 1.74. The third kappa shape index (κ3) is 5.03. The van der Waals surface area contributed by atoms with E-state index in [0.29, 0.717) is 31.7 Å². The Morgan fingerprint density at radius 2 is 1.89 bits per heavy atom. The Kier molecular flexibility index (Phi) is 7.13. The van der Waals surface area contributed by atoms with Crippen molar-refractivity contribution in [3.8, 4) is 5.75 Å². The number of aromatic hydroxyl groups is 1. The van der Waals surface area contributed by atoms with E-state index in [0.717, 1.165) is 18.7 Å². The van der Waals surface area contributed by atoms with Crippen molar-refractivity contribution in [3.05, 3.63) is 74.8 Å². The first-order valence-corrected chi connectivity index (χ1v) is 11.4. The van der Waals surface area contributed by atoms with Gasteiger partial charge in [0.25, 0.3) is 17.4 Å². The van der Waals surface area contributed by atoms with E-state index in [1.165, 1.54) is 35.2 Å². The fourth-order valence-corrected chi connectivity index (χ4v) is 4.54. The van der Waals surface area contributed by atoms with Crippen LogP contribution in [-0.4, -0.2) is 76.0 Å². The molecule has 0 radical (unpaired) electrons. The van der Waals surface area contributed by atoms with Crippen molar-refractivity contribution < 1.29 is 29.5 Å². The van der Waals surface area contributed by atoms with Crippen LogP contribution in [0.3, 0.4) is 0 Å². The lowest BCUT2D eigenvalue weighted by Gasteiger charge is -2.29. The highest BCUT2D eigenvalue weighted by molar-refractivity contribution is 6.46. The minimum atomic E-state index is -1.03. The third-order valence-electron chi connectivity index (χ3n) is 6.32. The Bertz CT molecular complexity index is 1190. The van der Waals surface area contributed by atoms with E-state index in [1.807, 2.05) is 0 Å². The number of hydrogen-bond donors (Lipinski definition) is 2. The van der Waals surface area contributed by atoms with Crippen molar-refractivity contribution in [2.75, 3.05) is 39.4 Å². The van der Waals surface area contributed by atoms with Gasteiger partial charge in [0.2, 0.25) is 0 Å². The van der Waals surface area contributed by atoms with Gasteiger partial charge in [0.15, 0.2) is 0 Å². The maximum atomic E-state index is 13.1. The predicted octanol–water partition coefficient (Wildman–Crippen LogP) is 2.75. The number of rotatable bonds is 7. The van der Waals surface area contributed by atoms with E-state index in [-0.39, 0.29) is 29.1 Å². The Morgan fingerprint density at radius 1 is 1.14 bits per heavy atom. The van der Waals surface area contributed by atoms with Crippen molar-refractivity contribution >= 4 is 23.1 Å². The molecule has 2 aliphatic heterocycles. The molecular formula is C25H27N3O7. The Hall–Kier alpha value is -3.76. The molecule has 0 bridgehead atoms. The van der Waals surface area contributed by atoms with Gasteiger partial charge in [0.1, 0.15) is 11.5 Å². The zero-order valence-corrected chi connectivity index (χ0v) is 19.3. The number of morpholine rings is 1. The minimum Gasteiger partial charge on any atom is -0.507 e. The fourth-order valence-electron chi connectivity index (χ4n) is 4.54. The highest BCUT2D eigenvalue weighted by Crippen LogP contribution is 2.41. The number of ether oxygens (including phenoxy) is 1. The molecule has 0 aliphatic carbocycles. The molecule has 0 spiro atoms. The molecule has 10 heteroatoms. The van der Waals surface area contributed by atoms with Crippen LogP contribution >= 0.6 is 0 Å². The number of amides is 1. The number of aliphatic hydroxyl groups is 1. The maximum Gasteiger partial charge on any atom is 0.295 e. The number of carbonyl (C=O) groups excluding carboxylic acids is 2. The van der Waals surface area contributed by atoms with Crippen LogP contribution in [0, 0.1) is 17.0 Å². The monoisotopic (exact) mass is 481 g/mol. The molecule has 0 saturated carbocycles. The summed E-state index contributed by atoms with van der Waals surface area (Å²) in [5.74, 6) is -2.45. The van der Waals surface area contributed by atoms with Crippen LogP contribution in [0.5, 0.6) is 5.75 Å². The van der Waals surface area contributed by atoms with Crippen molar-refractivity contribution in [3.63, 3.8) is 0 Å². The number of Topliss-reactive ketones (excluding diaryl/α,β-unsaturated/α-hetero) is 1. The van der Waals surface area contributed by atoms with Crippen LogP contribution in [0.15, 0.2) is 48.0 Å². The van der Waals surface area contributed by atoms with Crippen molar-refractivity contribution in [1.82, 2.24) is 9.80 Å².